The Morgan fingerprint density at radius 1 is 0.868 bits per heavy atom. The molecule has 38 heavy (non-hydrogen) atoms. The number of nitrogens with zero attached hydrogens (tertiary/aromatic N) is 8. The summed E-state index contributed by atoms with van der Waals surface area (Å²) in [5.41, 5.74) is 7.08. The van der Waals surface area contributed by atoms with Gasteiger partial charge in [0.15, 0.2) is 5.65 Å². The summed E-state index contributed by atoms with van der Waals surface area (Å²) in [6.45, 7) is 2.99. The molecule has 7 rings (SSSR count). The summed E-state index contributed by atoms with van der Waals surface area (Å²) in [5.74, 6) is 0.528. The molecule has 0 unspecified atom stereocenters. The van der Waals surface area contributed by atoms with E-state index < -0.39 is 0 Å². The van der Waals surface area contributed by atoms with Crippen LogP contribution in [0.15, 0.2) is 72.9 Å². The van der Waals surface area contributed by atoms with E-state index in [0.717, 1.165) is 63.5 Å². The summed E-state index contributed by atoms with van der Waals surface area (Å²) < 4.78 is 7.49. The quantitative estimate of drug-likeness (QED) is 0.376. The number of aromatic nitrogens is 8. The lowest BCUT2D eigenvalue weighted by molar-refractivity contribution is 0.123. The number of para-hydroxylation sites is 1. The highest BCUT2D eigenvalue weighted by molar-refractivity contribution is 5.85. The Bertz CT molecular complexity index is 1770. The van der Waals surface area contributed by atoms with Crippen LogP contribution in [0.4, 0.5) is 5.69 Å². The highest BCUT2D eigenvalue weighted by Gasteiger charge is 2.21. The van der Waals surface area contributed by atoms with Crippen LogP contribution in [0.2, 0.25) is 0 Å². The third-order valence-electron chi connectivity index (χ3n) is 6.65. The van der Waals surface area contributed by atoms with E-state index in [4.69, 9.17) is 19.8 Å². The van der Waals surface area contributed by atoms with E-state index in [-0.39, 0.29) is 0 Å². The number of hydrogen-bond donors (Lipinski definition) is 1. The summed E-state index contributed by atoms with van der Waals surface area (Å²) in [6, 6.07) is 22.2. The average molecular weight is 502 g/mol. The molecule has 0 saturated carbocycles. The number of aromatic amines is 1. The van der Waals surface area contributed by atoms with Crippen molar-refractivity contribution in [3.8, 4) is 22.6 Å². The van der Waals surface area contributed by atoms with E-state index in [2.05, 4.69) is 37.7 Å². The van der Waals surface area contributed by atoms with E-state index in [1.807, 2.05) is 77.5 Å². The Labute approximate surface area is 217 Å². The summed E-state index contributed by atoms with van der Waals surface area (Å²) in [4.78, 5) is 12.2. The maximum atomic E-state index is 5.58. The fraction of sp³-hybridized carbons (Fsp3) is 0.143. The topological polar surface area (TPSA) is 110 Å². The zero-order valence-electron chi connectivity index (χ0n) is 20.4. The lowest BCUT2D eigenvalue weighted by atomic mass is 10.1. The van der Waals surface area contributed by atoms with Gasteiger partial charge in [-0.05, 0) is 41.6 Å². The molecular weight excluding hydrogens is 478 g/mol. The number of rotatable bonds is 5. The van der Waals surface area contributed by atoms with Crippen molar-refractivity contribution in [2.45, 2.75) is 0 Å². The average Bonchev–Trinajstić information content (AvgIpc) is 3.65. The van der Waals surface area contributed by atoms with E-state index in [1.54, 1.807) is 0 Å². The second-order valence-corrected chi connectivity index (χ2v) is 8.98. The smallest absolute Gasteiger partial charge is 0.204 e. The first-order valence-corrected chi connectivity index (χ1v) is 12.4. The molecule has 0 spiro atoms. The molecule has 4 aromatic heterocycles. The van der Waals surface area contributed by atoms with Crippen molar-refractivity contribution in [2.24, 2.45) is 0 Å². The Balaban J connectivity index is 1.38. The van der Waals surface area contributed by atoms with Gasteiger partial charge in [-0.2, -0.15) is 10.3 Å². The number of pyridine rings is 1. The van der Waals surface area contributed by atoms with Gasteiger partial charge >= 0.3 is 0 Å². The Kier molecular flexibility index (Phi) is 5.56. The van der Waals surface area contributed by atoms with Crippen molar-refractivity contribution in [1.82, 2.24) is 40.2 Å². The van der Waals surface area contributed by atoms with Crippen molar-refractivity contribution in [2.75, 3.05) is 31.2 Å². The third-order valence-corrected chi connectivity index (χ3v) is 6.65. The van der Waals surface area contributed by atoms with Crippen LogP contribution in [0.25, 0.3) is 51.3 Å². The van der Waals surface area contributed by atoms with Crippen LogP contribution < -0.4 is 4.90 Å². The minimum Gasteiger partial charge on any atom is -0.378 e. The van der Waals surface area contributed by atoms with Crippen LogP contribution in [0.5, 0.6) is 0 Å². The van der Waals surface area contributed by atoms with Gasteiger partial charge < -0.3 is 9.64 Å². The van der Waals surface area contributed by atoms with Gasteiger partial charge in [-0.3, -0.25) is 0 Å². The SMILES string of the molecule is C(=Cc1nc2c(N3CCOCC3)ccnn2c1-c1cccc(-c2nn[nH]n2)c1)c1ccc2ccccc2n1. The maximum Gasteiger partial charge on any atom is 0.204 e. The monoisotopic (exact) mass is 501 g/mol. The summed E-state index contributed by atoms with van der Waals surface area (Å²) in [7, 11) is 0. The van der Waals surface area contributed by atoms with Gasteiger partial charge in [0.05, 0.1) is 42.0 Å². The number of nitrogens with one attached hydrogen (secondary N) is 1. The molecule has 1 N–H and O–H groups in total. The van der Waals surface area contributed by atoms with E-state index in [9.17, 15) is 0 Å². The molecule has 0 atom stereocenters. The highest BCUT2D eigenvalue weighted by Crippen LogP contribution is 2.32. The van der Waals surface area contributed by atoms with Crippen LogP contribution in [0, 0.1) is 0 Å². The molecule has 1 aliphatic rings. The number of imidazole rings is 1. The van der Waals surface area contributed by atoms with E-state index >= 15 is 0 Å². The van der Waals surface area contributed by atoms with Crippen LogP contribution in [-0.4, -0.2) is 66.5 Å². The van der Waals surface area contributed by atoms with E-state index in [0.29, 0.717) is 19.0 Å². The standard InChI is InChI=1S/C28H23N9O/c1-2-7-23-19(4-1)8-9-22(30-23)10-11-24-26(20-5-3-6-21(18-20)27-32-34-35-33-27)37-28(31-24)25(12-13-29-37)36-14-16-38-17-15-36/h1-13,18H,14-17H2,(H,32,33,34,35). The lowest BCUT2D eigenvalue weighted by Crippen LogP contribution is -2.36. The number of morpholine rings is 1. The van der Waals surface area contributed by atoms with E-state index in [1.165, 1.54) is 0 Å². The summed E-state index contributed by atoms with van der Waals surface area (Å²) in [6.07, 6.45) is 5.82. The highest BCUT2D eigenvalue weighted by atomic mass is 16.5. The number of tetrazole rings is 1. The zero-order chi connectivity index (χ0) is 25.3. The Morgan fingerprint density at radius 3 is 2.66 bits per heavy atom. The minimum absolute atomic E-state index is 0.528. The molecule has 1 fully saturated rings. The molecule has 1 saturated heterocycles. The molecule has 0 amide bonds. The molecule has 186 valence electrons. The number of ether oxygens (including phenoxy) is 1. The van der Waals surface area contributed by atoms with Crippen molar-refractivity contribution < 1.29 is 4.74 Å². The molecule has 0 radical (unpaired) electrons. The van der Waals surface area contributed by atoms with Crippen LogP contribution in [-0.2, 0) is 4.74 Å². The van der Waals surface area contributed by atoms with Crippen LogP contribution in [0.1, 0.15) is 11.4 Å². The van der Waals surface area contributed by atoms with Crippen molar-refractivity contribution in [3.05, 3.63) is 84.3 Å². The number of H-pyrrole nitrogens is 1. The largest absolute Gasteiger partial charge is 0.378 e. The molecule has 10 heteroatoms. The number of hydrogen-bond acceptors (Lipinski definition) is 8. The number of benzene rings is 2. The van der Waals surface area contributed by atoms with Crippen molar-refractivity contribution in [3.63, 3.8) is 0 Å². The first-order chi connectivity index (χ1) is 18.8. The second-order valence-electron chi connectivity index (χ2n) is 8.98. The Hall–Kier alpha value is -4.96. The second kappa shape index (κ2) is 9.49. The van der Waals surface area contributed by atoms with Gasteiger partial charge in [0, 0.05) is 29.6 Å². The first-order valence-electron chi connectivity index (χ1n) is 12.4. The van der Waals surface area contributed by atoms with Gasteiger partial charge in [0.1, 0.15) is 5.69 Å². The van der Waals surface area contributed by atoms with Gasteiger partial charge in [0.2, 0.25) is 5.82 Å². The first kappa shape index (κ1) is 22.3. The zero-order valence-corrected chi connectivity index (χ0v) is 20.4. The van der Waals surface area contributed by atoms with Gasteiger partial charge in [-0.1, -0.05) is 42.5 Å². The normalized spacial score (nSPS) is 14.2. The molecule has 2 aromatic carbocycles. The van der Waals surface area contributed by atoms with Crippen molar-refractivity contribution in [1.29, 1.82) is 0 Å². The Morgan fingerprint density at radius 2 is 1.76 bits per heavy atom. The minimum atomic E-state index is 0.528. The predicted molar refractivity (Wildman–Crippen MR) is 145 cm³/mol. The molecule has 10 nitrogen and oxygen atoms in total. The fourth-order valence-corrected chi connectivity index (χ4v) is 4.82. The molecule has 0 bridgehead atoms. The van der Waals surface area contributed by atoms with Crippen molar-refractivity contribution >= 4 is 34.4 Å². The fourth-order valence-electron chi connectivity index (χ4n) is 4.82. The molecule has 6 aromatic rings. The maximum absolute atomic E-state index is 5.58. The lowest BCUT2D eigenvalue weighted by Gasteiger charge is -2.28. The number of fused-ring (bicyclic) bond motifs is 2. The molecule has 5 heterocycles. The van der Waals surface area contributed by atoms with Crippen LogP contribution >= 0.6 is 0 Å². The summed E-state index contributed by atoms with van der Waals surface area (Å²) >= 11 is 0. The molecule has 0 aliphatic carbocycles. The third kappa shape index (κ3) is 4.06. The van der Waals surface area contributed by atoms with Gasteiger partial charge in [-0.15, -0.1) is 10.2 Å². The summed E-state index contributed by atoms with van der Waals surface area (Å²) in [5, 5.41) is 20.3. The molecule has 1 aliphatic heterocycles. The number of anilines is 1. The van der Waals surface area contributed by atoms with Gasteiger partial charge in [-0.25, -0.2) is 14.5 Å². The molecular formula is C28H23N9O. The van der Waals surface area contributed by atoms with Gasteiger partial charge in [0.25, 0.3) is 0 Å². The predicted octanol–water partition coefficient (Wildman–Crippen LogP) is 4.13. The van der Waals surface area contributed by atoms with Crippen LogP contribution in [0.3, 0.4) is 0 Å².